The highest BCUT2D eigenvalue weighted by Crippen LogP contribution is 2.21. The van der Waals surface area contributed by atoms with Gasteiger partial charge in [0.2, 0.25) is 0 Å². The standard InChI is InChI=1S/C20H18ClN3O3/c21-18-15(11-14-8-4-5-9-16(14)23-18)12-27-19(25)17(24-20(22)26)10-13-6-2-1-3-7-13/h1-9,11,17H,10,12H2,(H3,22,24,26)/t17-/m0/s1. The summed E-state index contributed by atoms with van der Waals surface area (Å²) in [5.41, 5.74) is 7.41. The van der Waals surface area contributed by atoms with Crippen LogP contribution < -0.4 is 11.1 Å². The molecule has 7 heteroatoms. The average Bonchev–Trinajstić information content (AvgIpc) is 2.66. The molecule has 1 heterocycles. The smallest absolute Gasteiger partial charge is 0.329 e. The summed E-state index contributed by atoms with van der Waals surface area (Å²) in [6.45, 7) is -0.0543. The lowest BCUT2D eigenvalue weighted by molar-refractivity contribution is -0.147. The Morgan fingerprint density at radius 2 is 1.81 bits per heavy atom. The number of hydrogen-bond acceptors (Lipinski definition) is 4. The fourth-order valence-corrected chi connectivity index (χ4v) is 2.90. The van der Waals surface area contributed by atoms with Gasteiger partial charge in [-0.25, -0.2) is 14.6 Å². The zero-order valence-electron chi connectivity index (χ0n) is 14.4. The van der Waals surface area contributed by atoms with Crippen LogP contribution in [0.4, 0.5) is 4.79 Å². The second-order valence-corrected chi connectivity index (χ2v) is 6.35. The molecule has 0 saturated carbocycles. The van der Waals surface area contributed by atoms with Crippen molar-refractivity contribution in [2.24, 2.45) is 5.73 Å². The maximum atomic E-state index is 12.5. The molecule has 6 nitrogen and oxygen atoms in total. The van der Waals surface area contributed by atoms with Crippen LogP contribution in [0.1, 0.15) is 11.1 Å². The molecule has 0 bridgehead atoms. The van der Waals surface area contributed by atoms with Gasteiger partial charge in [-0.05, 0) is 17.7 Å². The van der Waals surface area contributed by atoms with Crippen molar-refractivity contribution in [1.82, 2.24) is 10.3 Å². The predicted molar refractivity (Wildman–Crippen MR) is 103 cm³/mol. The largest absolute Gasteiger partial charge is 0.459 e. The van der Waals surface area contributed by atoms with Crippen LogP contribution in [0.5, 0.6) is 0 Å². The van der Waals surface area contributed by atoms with Crippen LogP contribution in [0.15, 0.2) is 60.7 Å². The molecule has 0 aliphatic heterocycles. The number of carbonyl (C=O) groups is 2. The van der Waals surface area contributed by atoms with Crippen LogP contribution in [-0.4, -0.2) is 23.0 Å². The van der Waals surface area contributed by atoms with Crippen molar-refractivity contribution in [1.29, 1.82) is 0 Å². The average molecular weight is 384 g/mol. The van der Waals surface area contributed by atoms with Gasteiger partial charge in [0.1, 0.15) is 17.8 Å². The van der Waals surface area contributed by atoms with Gasteiger partial charge in [-0.2, -0.15) is 0 Å². The normalized spacial score (nSPS) is 11.7. The molecule has 0 saturated heterocycles. The number of para-hydroxylation sites is 1. The van der Waals surface area contributed by atoms with E-state index in [-0.39, 0.29) is 18.2 Å². The van der Waals surface area contributed by atoms with Crippen molar-refractivity contribution in [2.45, 2.75) is 19.1 Å². The molecule has 3 N–H and O–H groups in total. The minimum Gasteiger partial charge on any atom is -0.459 e. The Hall–Kier alpha value is -3.12. The number of ether oxygens (including phenoxy) is 1. The molecule has 0 aliphatic carbocycles. The van der Waals surface area contributed by atoms with Crippen LogP contribution in [0, 0.1) is 0 Å². The molecule has 27 heavy (non-hydrogen) atoms. The molecule has 0 spiro atoms. The molecular weight excluding hydrogens is 366 g/mol. The number of rotatable bonds is 6. The van der Waals surface area contributed by atoms with Crippen molar-refractivity contribution < 1.29 is 14.3 Å². The van der Waals surface area contributed by atoms with Gasteiger partial charge in [-0.3, -0.25) is 0 Å². The maximum absolute atomic E-state index is 12.5. The molecule has 1 aromatic heterocycles. The molecule has 138 valence electrons. The fraction of sp³-hybridized carbons (Fsp3) is 0.150. The number of amides is 2. The van der Waals surface area contributed by atoms with E-state index >= 15 is 0 Å². The lowest BCUT2D eigenvalue weighted by atomic mass is 10.1. The number of nitrogens with two attached hydrogens (primary N) is 1. The van der Waals surface area contributed by atoms with E-state index in [1.54, 1.807) is 0 Å². The summed E-state index contributed by atoms with van der Waals surface area (Å²) >= 11 is 6.19. The number of nitrogens with one attached hydrogen (secondary N) is 1. The number of esters is 1. The van der Waals surface area contributed by atoms with Gasteiger partial charge in [-0.1, -0.05) is 60.1 Å². The first-order chi connectivity index (χ1) is 13.0. The van der Waals surface area contributed by atoms with E-state index in [0.717, 1.165) is 16.5 Å². The second-order valence-electron chi connectivity index (χ2n) is 5.99. The van der Waals surface area contributed by atoms with E-state index in [2.05, 4.69) is 10.3 Å². The number of urea groups is 1. The van der Waals surface area contributed by atoms with Crippen molar-refractivity contribution in [3.63, 3.8) is 0 Å². The summed E-state index contributed by atoms with van der Waals surface area (Å²) < 4.78 is 5.36. The predicted octanol–water partition coefficient (Wildman–Crippen LogP) is 3.21. The van der Waals surface area contributed by atoms with Crippen molar-refractivity contribution in [3.05, 3.63) is 76.9 Å². The fourth-order valence-electron chi connectivity index (χ4n) is 2.70. The SMILES string of the molecule is NC(=O)N[C@@H](Cc1ccccc1)C(=O)OCc1cc2ccccc2nc1Cl. The van der Waals surface area contributed by atoms with Gasteiger partial charge >= 0.3 is 12.0 Å². The summed E-state index contributed by atoms with van der Waals surface area (Å²) in [6, 6.07) is 16.9. The highest BCUT2D eigenvalue weighted by Gasteiger charge is 2.22. The number of hydrogen-bond donors (Lipinski definition) is 2. The van der Waals surface area contributed by atoms with Crippen LogP contribution in [0.2, 0.25) is 5.15 Å². The molecular formula is C20H18ClN3O3. The minimum atomic E-state index is -0.892. The molecule has 0 fully saturated rings. The first kappa shape index (κ1) is 18.7. The molecule has 0 radical (unpaired) electrons. The van der Waals surface area contributed by atoms with Gasteiger partial charge < -0.3 is 15.8 Å². The number of halogens is 1. The third-order valence-corrected chi connectivity index (χ3v) is 4.33. The molecule has 2 aromatic carbocycles. The van der Waals surface area contributed by atoms with Crippen LogP contribution >= 0.6 is 11.6 Å². The number of nitrogens with zero attached hydrogens (tertiary/aromatic N) is 1. The van der Waals surface area contributed by atoms with Crippen molar-refractivity contribution >= 4 is 34.5 Å². The Morgan fingerprint density at radius 1 is 1.11 bits per heavy atom. The Kier molecular flexibility index (Phi) is 5.88. The number of pyridine rings is 1. The Labute approximate surface area is 161 Å². The number of carbonyl (C=O) groups excluding carboxylic acids is 2. The first-order valence-electron chi connectivity index (χ1n) is 8.33. The van der Waals surface area contributed by atoms with E-state index in [0.29, 0.717) is 5.56 Å². The summed E-state index contributed by atoms with van der Waals surface area (Å²) in [6.07, 6.45) is 0.270. The van der Waals surface area contributed by atoms with E-state index < -0.39 is 18.0 Å². The van der Waals surface area contributed by atoms with E-state index in [4.69, 9.17) is 22.1 Å². The third-order valence-electron chi connectivity index (χ3n) is 4.00. The quantitative estimate of drug-likeness (QED) is 0.504. The van der Waals surface area contributed by atoms with Gasteiger partial charge in [0.15, 0.2) is 0 Å². The molecule has 3 aromatic rings. The van der Waals surface area contributed by atoms with E-state index in [1.807, 2.05) is 60.7 Å². The van der Waals surface area contributed by atoms with E-state index in [9.17, 15) is 9.59 Å². The summed E-state index contributed by atoms with van der Waals surface area (Å²) in [5.74, 6) is -0.595. The van der Waals surface area contributed by atoms with Crippen LogP contribution in [0.25, 0.3) is 10.9 Å². The maximum Gasteiger partial charge on any atom is 0.329 e. The highest BCUT2D eigenvalue weighted by atomic mass is 35.5. The number of primary amides is 1. The van der Waals surface area contributed by atoms with Crippen LogP contribution in [-0.2, 0) is 22.6 Å². The topological polar surface area (TPSA) is 94.3 Å². The van der Waals surface area contributed by atoms with E-state index in [1.165, 1.54) is 0 Å². The number of benzene rings is 2. The minimum absolute atomic E-state index is 0.0543. The molecule has 2 amide bonds. The summed E-state index contributed by atoms with van der Waals surface area (Å²) in [7, 11) is 0. The van der Waals surface area contributed by atoms with Gasteiger partial charge in [0.05, 0.1) is 5.52 Å². The monoisotopic (exact) mass is 383 g/mol. The lowest BCUT2D eigenvalue weighted by Gasteiger charge is -2.17. The Bertz CT molecular complexity index is 963. The zero-order chi connectivity index (χ0) is 19.2. The van der Waals surface area contributed by atoms with Gasteiger partial charge in [0, 0.05) is 17.4 Å². The first-order valence-corrected chi connectivity index (χ1v) is 8.71. The molecule has 0 aliphatic rings. The van der Waals surface area contributed by atoms with Gasteiger partial charge in [0.25, 0.3) is 0 Å². The van der Waals surface area contributed by atoms with Gasteiger partial charge in [-0.15, -0.1) is 0 Å². The number of aromatic nitrogens is 1. The Morgan fingerprint density at radius 3 is 2.56 bits per heavy atom. The van der Waals surface area contributed by atoms with Crippen molar-refractivity contribution in [3.8, 4) is 0 Å². The number of fused-ring (bicyclic) bond motifs is 1. The van der Waals surface area contributed by atoms with Crippen LogP contribution in [0.3, 0.4) is 0 Å². The summed E-state index contributed by atoms with van der Waals surface area (Å²) in [5, 5.41) is 3.58. The molecule has 1 atom stereocenters. The lowest BCUT2D eigenvalue weighted by Crippen LogP contribution is -2.45. The second kappa shape index (κ2) is 8.51. The molecule has 0 unspecified atom stereocenters. The van der Waals surface area contributed by atoms with Crippen molar-refractivity contribution in [2.75, 3.05) is 0 Å². The highest BCUT2D eigenvalue weighted by molar-refractivity contribution is 6.30. The zero-order valence-corrected chi connectivity index (χ0v) is 15.1. The third kappa shape index (κ3) is 4.95. The summed E-state index contributed by atoms with van der Waals surface area (Å²) in [4.78, 5) is 28.0. The Balaban J connectivity index is 1.71. The molecule has 3 rings (SSSR count).